The van der Waals surface area contributed by atoms with Crippen LogP contribution in [0.15, 0.2) is 84.9 Å². The van der Waals surface area contributed by atoms with Gasteiger partial charge >= 0.3 is 6.09 Å². The molecule has 4 aliphatic rings. The number of carbonyl (C=O) groups excluding carboxylic acids is 4. The summed E-state index contributed by atoms with van der Waals surface area (Å²) in [5.41, 5.74) is -0.838. The van der Waals surface area contributed by atoms with Crippen LogP contribution >= 0.6 is 0 Å². The monoisotopic (exact) mass is 907 g/mol. The van der Waals surface area contributed by atoms with Gasteiger partial charge in [0.1, 0.15) is 40.8 Å². The number of alkyl carbamates (subject to hydrolysis) is 1. The molecule has 4 amide bonds. The Balaban J connectivity index is 1.12. The second kappa shape index (κ2) is 16.9. The zero-order valence-corrected chi connectivity index (χ0v) is 39.2. The predicted octanol–water partition coefficient (Wildman–Crippen LogP) is 7.24. The Kier molecular flexibility index (Phi) is 11.9. The van der Waals surface area contributed by atoms with Gasteiger partial charge < -0.3 is 29.7 Å². The Bertz CT molecular complexity index is 2580. The number of hydrogen-bond acceptors (Lipinski definition) is 10. The van der Waals surface area contributed by atoms with Gasteiger partial charge in [0.25, 0.3) is 5.91 Å². The number of rotatable bonds is 13. The molecular formula is C50H61N5O9S. The quantitative estimate of drug-likeness (QED) is 0.124. The van der Waals surface area contributed by atoms with Crippen LogP contribution in [0.5, 0.6) is 11.5 Å². The lowest BCUT2D eigenvalue weighted by Crippen LogP contribution is -2.61. The molecule has 4 unspecified atom stereocenters. The fourth-order valence-corrected chi connectivity index (χ4v) is 11.5. The van der Waals surface area contributed by atoms with Gasteiger partial charge in [-0.15, -0.1) is 0 Å². The number of likely N-dealkylation sites (tertiary alicyclic amines) is 1. The summed E-state index contributed by atoms with van der Waals surface area (Å²) < 4.78 is 47.5. The Hall–Kier alpha value is -5.70. The van der Waals surface area contributed by atoms with Crippen molar-refractivity contribution in [1.29, 1.82) is 0 Å². The van der Waals surface area contributed by atoms with Gasteiger partial charge in [0.2, 0.25) is 21.8 Å². The molecule has 3 N–H and O–H groups in total. The maximum atomic E-state index is 15.1. The van der Waals surface area contributed by atoms with E-state index in [0.29, 0.717) is 53.8 Å². The van der Waals surface area contributed by atoms with Gasteiger partial charge in [-0.1, -0.05) is 94.3 Å². The summed E-state index contributed by atoms with van der Waals surface area (Å²) >= 11 is 0. The predicted molar refractivity (Wildman–Crippen MR) is 246 cm³/mol. The highest BCUT2D eigenvalue weighted by molar-refractivity contribution is 7.91. The minimum Gasteiger partial charge on any atom is -0.497 e. The summed E-state index contributed by atoms with van der Waals surface area (Å²) in [5, 5.41) is 6.55. The van der Waals surface area contributed by atoms with Crippen LogP contribution in [0.1, 0.15) is 98.5 Å². The van der Waals surface area contributed by atoms with Crippen molar-refractivity contribution in [2.45, 2.75) is 133 Å². The van der Waals surface area contributed by atoms with E-state index in [1.54, 1.807) is 27.9 Å². The number of carbonyl (C=O) groups is 4. The highest BCUT2D eigenvalue weighted by Crippen LogP contribution is 2.66. The van der Waals surface area contributed by atoms with Gasteiger partial charge in [-0.05, 0) is 82.4 Å². The molecule has 1 aliphatic heterocycles. The van der Waals surface area contributed by atoms with Gasteiger partial charge in [-0.25, -0.2) is 18.2 Å². The molecule has 3 saturated carbocycles. The summed E-state index contributed by atoms with van der Waals surface area (Å²) in [4.78, 5) is 64.3. The minimum absolute atomic E-state index is 0.0324. The molecule has 65 heavy (non-hydrogen) atoms. The molecule has 4 aromatic rings. The minimum atomic E-state index is -4.16. The second-order valence-electron chi connectivity index (χ2n) is 20.5. The molecule has 346 valence electrons. The van der Waals surface area contributed by atoms with Gasteiger partial charge in [-0.3, -0.25) is 19.1 Å². The Morgan fingerprint density at radius 3 is 2.15 bits per heavy atom. The molecule has 1 aromatic heterocycles. The molecule has 0 radical (unpaired) electrons. The summed E-state index contributed by atoms with van der Waals surface area (Å²) in [7, 11) is -2.58. The zero-order valence-electron chi connectivity index (χ0n) is 38.4. The van der Waals surface area contributed by atoms with Crippen LogP contribution in [0.2, 0.25) is 0 Å². The van der Waals surface area contributed by atoms with Gasteiger partial charge in [0.15, 0.2) is 0 Å². The van der Waals surface area contributed by atoms with E-state index >= 15 is 4.79 Å². The molecular weight excluding hydrogens is 847 g/mol. The van der Waals surface area contributed by atoms with Crippen LogP contribution in [0.4, 0.5) is 4.79 Å². The summed E-state index contributed by atoms with van der Waals surface area (Å²) in [6.07, 6.45) is 2.83. The standard InChI is InChI=1S/C50H61N5O9S/c1-46(2,3)41(52-45(59)64-47(4,5)6)43(57)55-30-35(63-40-28-37(33-18-12-9-13-19-33)51-38-26-34(62-7)20-21-36(38)40)27-39(55)42(56)53-50(31-48(50)22-14-15-23-48)44(58)54-65(60,61)49(24-25-49)29-32-16-10-8-11-17-32/h8-13,16-21,26,28,35,39,41H,14-15,22-25,27,29-31H2,1-7H3,(H,52,59)(H,53,56)(H,54,58). The Morgan fingerprint density at radius 2 is 1.54 bits per heavy atom. The number of benzene rings is 3. The van der Waals surface area contributed by atoms with Crippen molar-refractivity contribution in [2.24, 2.45) is 10.8 Å². The molecule has 15 heteroatoms. The van der Waals surface area contributed by atoms with E-state index < -0.39 is 78.7 Å². The van der Waals surface area contributed by atoms with Crippen molar-refractivity contribution in [3.63, 3.8) is 0 Å². The number of aromatic nitrogens is 1. The molecule has 1 spiro atoms. The lowest BCUT2D eigenvalue weighted by molar-refractivity contribution is -0.143. The third kappa shape index (κ3) is 9.26. The van der Waals surface area contributed by atoms with E-state index in [1.165, 1.54) is 4.90 Å². The van der Waals surface area contributed by atoms with Crippen LogP contribution in [-0.4, -0.2) is 89.8 Å². The average Bonchev–Trinajstić information content (AvgIpc) is 4.02. The van der Waals surface area contributed by atoms with E-state index in [9.17, 15) is 22.8 Å². The van der Waals surface area contributed by atoms with E-state index in [2.05, 4.69) is 15.4 Å². The third-order valence-corrected chi connectivity index (χ3v) is 15.8. The first-order chi connectivity index (χ1) is 30.7. The first-order valence-corrected chi connectivity index (χ1v) is 24.1. The molecule has 4 atom stereocenters. The van der Waals surface area contributed by atoms with Crippen molar-refractivity contribution in [2.75, 3.05) is 13.7 Å². The number of methoxy groups -OCH3 is 1. The van der Waals surface area contributed by atoms with E-state index in [0.717, 1.165) is 24.0 Å². The maximum absolute atomic E-state index is 15.1. The van der Waals surface area contributed by atoms with Gasteiger partial charge in [-0.2, -0.15) is 0 Å². The normalized spacial score (nSPS) is 22.5. The SMILES string of the molecule is COc1ccc2c(OC3CC(C(=O)NC4(C(=O)NS(=O)(=O)C5(Cc6ccccc6)CC5)CC45CCCC5)N(C(=O)C(NC(=O)OC(C)(C)C)C(C)(C)C)C3)cc(-c3ccccc3)nc2c1. The average molecular weight is 908 g/mol. The van der Waals surface area contributed by atoms with Crippen molar-refractivity contribution >= 4 is 44.7 Å². The Morgan fingerprint density at radius 1 is 0.877 bits per heavy atom. The lowest BCUT2D eigenvalue weighted by atomic mass is 9.85. The molecule has 3 aliphatic carbocycles. The van der Waals surface area contributed by atoms with E-state index in [1.807, 2.05) is 106 Å². The van der Waals surface area contributed by atoms with Gasteiger partial charge in [0, 0.05) is 34.9 Å². The number of ether oxygens (including phenoxy) is 3. The number of pyridine rings is 1. The van der Waals surface area contributed by atoms with Crippen LogP contribution in [0.3, 0.4) is 0 Å². The molecule has 1 saturated heterocycles. The van der Waals surface area contributed by atoms with Crippen molar-refractivity contribution in [1.82, 2.24) is 25.2 Å². The molecule has 4 fully saturated rings. The smallest absolute Gasteiger partial charge is 0.408 e. The largest absolute Gasteiger partial charge is 0.497 e. The number of sulfonamides is 1. The fourth-order valence-electron chi connectivity index (χ4n) is 9.88. The van der Waals surface area contributed by atoms with Crippen LogP contribution in [0.25, 0.3) is 22.2 Å². The first-order valence-electron chi connectivity index (χ1n) is 22.6. The van der Waals surface area contributed by atoms with E-state index in [-0.39, 0.29) is 25.8 Å². The van der Waals surface area contributed by atoms with Crippen LogP contribution in [-0.2, 0) is 35.6 Å². The molecule has 2 heterocycles. The fraction of sp³-hybridized carbons (Fsp3) is 0.500. The number of fused-ring (bicyclic) bond motifs is 1. The maximum Gasteiger partial charge on any atom is 0.408 e. The molecule has 3 aromatic carbocycles. The van der Waals surface area contributed by atoms with Crippen molar-refractivity contribution in [3.8, 4) is 22.8 Å². The van der Waals surface area contributed by atoms with Crippen LogP contribution in [0, 0.1) is 10.8 Å². The molecule has 14 nitrogen and oxygen atoms in total. The second-order valence-corrected chi connectivity index (χ2v) is 22.6. The number of nitrogens with one attached hydrogen (secondary N) is 3. The highest BCUT2D eigenvalue weighted by atomic mass is 32.2. The Labute approximate surface area is 381 Å². The molecule has 0 bridgehead atoms. The topological polar surface area (TPSA) is 182 Å². The van der Waals surface area contributed by atoms with Crippen molar-refractivity contribution in [3.05, 3.63) is 90.5 Å². The summed E-state index contributed by atoms with van der Waals surface area (Å²) in [6.45, 7) is 10.6. The third-order valence-electron chi connectivity index (χ3n) is 13.6. The van der Waals surface area contributed by atoms with Crippen LogP contribution < -0.4 is 24.8 Å². The zero-order chi connectivity index (χ0) is 46.6. The number of nitrogens with zero attached hydrogens (tertiary/aromatic N) is 2. The lowest BCUT2D eigenvalue weighted by Gasteiger charge is -2.36. The van der Waals surface area contributed by atoms with E-state index in [4.69, 9.17) is 19.2 Å². The summed E-state index contributed by atoms with van der Waals surface area (Å²) in [6, 6.07) is 24.0. The van der Waals surface area contributed by atoms with Gasteiger partial charge in [0.05, 0.1) is 29.6 Å². The first kappa shape index (κ1) is 45.9. The summed E-state index contributed by atoms with van der Waals surface area (Å²) in [5.74, 6) is -0.803. The van der Waals surface area contributed by atoms with Crippen molar-refractivity contribution < 1.29 is 41.8 Å². The number of hydrogen-bond donors (Lipinski definition) is 3. The molecule has 8 rings (SSSR count). The number of amides is 4. The highest BCUT2D eigenvalue weighted by Gasteiger charge is 2.74.